The van der Waals surface area contributed by atoms with Gasteiger partial charge in [0.2, 0.25) is 0 Å². The van der Waals surface area contributed by atoms with Gasteiger partial charge in [0.05, 0.1) is 28.7 Å². The Balaban J connectivity index is 1.64. The van der Waals surface area contributed by atoms with Crippen LogP contribution >= 0.6 is 0 Å². The van der Waals surface area contributed by atoms with Crippen LogP contribution in [0.25, 0.3) is 22.6 Å². The predicted molar refractivity (Wildman–Crippen MR) is 119 cm³/mol. The normalized spacial score (nSPS) is 14.5. The minimum atomic E-state index is -0.132. The van der Waals surface area contributed by atoms with Gasteiger partial charge in [0.25, 0.3) is 11.5 Å². The van der Waals surface area contributed by atoms with Gasteiger partial charge in [-0.05, 0) is 29.8 Å². The van der Waals surface area contributed by atoms with E-state index in [1.165, 1.54) is 4.57 Å². The number of hydrogen-bond donors (Lipinski definition) is 0. The molecule has 1 amide bonds. The van der Waals surface area contributed by atoms with Crippen molar-refractivity contribution in [2.75, 3.05) is 4.90 Å². The third-order valence-corrected chi connectivity index (χ3v) is 5.44. The highest BCUT2D eigenvalue weighted by Crippen LogP contribution is 2.38. The molecule has 30 heavy (non-hydrogen) atoms. The molecule has 5 heteroatoms. The minimum Gasteiger partial charge on any atom is -0.303 e. The third-order valence-electron chi connectivity index (χ3n) is 5.44. The molecule has 1 aliphatic heterocycles. The summed E-state index contributed by atoms with van der Waals surface area (Å²) in [5, 5.41) is 0.561. The average Bonchev–Trinajstić information content (AvgIpc) is 3.04. The van der Waals surface area contributed by atoms with Crippen molar-refractivity contribution in [1.29, 1.82) is 0 Å². The van der Waals surface area contributed by atoms with Gasteiger partial charge in [0, 0.05) is 12.6 Å². The molecule has 3 aromatic carbocycles. The lowest BCUT2D eigenvalue weighted by Gasteiger charge is -2.17. The van der Waals surface area contributed by atoms with Crippen molar-refractivity contribution in [2.24, 2.45) is 7.05 Å². The maximum absolute atomic E-state index is 13.4. The van der Waals surface area contributed by atoms with Gasteiger partial charge in [0.15, 0.2) is 0 Å². The number of amides is 1. The van der Waals surface area contributed by atoms with Crippen molar-refractivity contribution in [3.8, 4) is 0 Å². The first-order chi connectivity index (χ1) is 14.6. The number of carbonyl (C=O) groups excluding carboxylic acids is 1. The van der Waals surface area contributed by atoms with Crippen molar-refractivity contribution in [3.05, 3.63) is 106 Å². The van der Waals surface area contributed by atoms with E-state index < -0.39 is 0 Å². The fourth-order valence-electron chi connectivity index (χ4n) is 3.86. The van der Waals surface area contributed by atoms with Gasteiger partial charge >= 0.3 is 0 Å². The van der Waals surface area contributed by atoms with Crippen LogP contribution in [-0.2, 0) is 18.4 Å². The van der Waals surface area contributed by atoms with E-state index in [-0.39, 0.29) is 11.5 Å². The Morgan fingerprint density at radius 1 is 0.867 bits per heavy atom. The van der Waals surface area contributed by atoms with E-state index in [2.05, 4.69) is 4.98 Å². The number of para-hydroxylation sites is 2. The molecule has 1 aliphatic rings. The summed E-state index contributed by atoms with van der Waals surface area (Å²) in [7, 11) is 1.68. The highest BCUT2D eigenvalue weighted by atomic mass is 16.2. The lowest BCUT2D eigenvalue weighted by molar-refractivity contribution is -0.113. The molecule has 146 valence electrons. The molecule has 0 unspecified atom stereocenters. The fraction of sp³-hybridized carbons (Fsp3) is 0.0800. The average molecular weight is 393 g/mol. The van der Waals surface area contributed by atoms with Crippen molar-refractivity contribution in [2.45, 2.75) is 6.54 Å². The summed E-state index contributed by atoms with van der Waals surface area (Å²) >= 11 is 0. The van der Waals surface area contributed by atoms with Crippen LogP contribution in [0.1, 0.15) is 17.0 Å². The van der Waals surface area contributed by atoms with E-state index in [1.54, 1.807) is 24.1 Å². The molecule has 0 fully saturated rings. The zero-order valence-corrected chi connectivity index (χ0v) is 16.4. The van der Waals surface area contributed by atoms with Gasteiger partial charge < -0.3 is 4.90 Å². The number of aromatic nitrogens is 2. The van der Waals surface area contributed by atoms with Crippen molar-refractivity contribution in [3.63, 3.8) is 0 Å². The summed E-state index contributed by atoms with van der Waals surface area (Å²) in [4.78, 5) is 32.5. The van der Waals surface area contributed by atoms with E-state index >= 15 is 0 Å². The van der Waals surface area contributed by atoms with Crippen LogP contribution in [0.15, 0.2) is 83.7 Å². The molecule has 5 rings (SSSR count). The van der Waals surface area contributed by atoms with Crippen LogP contribution in [0, 0.1) is 0 Å². The van der Waals surface area contributed by atoms with Crippen LogP contribution in [-0.4, -0.2) is 15.5 Å². The van der Waals surface area contributed by atoms with E-state index in [9.17, 15) is 9.59 Å². The Kier molecular flexibility index (Phi) is 4.29. The number of anilines is 1. The molecule has 1 aromatic heterocycles. The Morgan fingerprint density at radius 3 is 2.40 bits per heavy atom. The molecule has 0 spiro atoms. The second-order valence-corrected chi connectivity index (χ2v) is 7.30. The number of nitrogens with zero attached hydrogens (tertiary/aromatic N) is 3. The molecular weight excluding hydrogens is 374 g/mol. The van der Waals surface area contributed by atoms with Gasteiger partial charge in [-0.1, -0.05) is 60.7 Å². The van der Waals surface area contributed by atoms with Gasteiger partial charge in [-0.2, -0.15) is 0 Å². The lowest BCUT2D eigenvalue weighted by atomic mass is 10.1. The summed E-state index contributed by atoms with van der Waals surface area (Å²) in [6, 6.07) is 24.9. The summed E-state index contributed by atoms with van der Waals surface area (Å²) in [5.41, 5.74) is 3.79. The fourth-order valence-corrected chi connectivity index (χ4v) is 3.86. The van der Waals surface area contributed by atoms with E-state index in [0.29, 0.717) is 28.8 Å². The van der Waals surface area contributed by atoms with Crippen molar-refractivity contribution in [1.82, 2.24) is 9.55 Å². The van der Waals surface area contributed by atoms with Gasteiger partial charge in [-0.3, -0.25) is 14.2 Å². The Morgan fingerprint density at radius 2 is 1.57 bits per heavy atom. The number of fused-ring (bicyclic) bond motifs is 2. The summed E-state index contributed by atoms with van der Waals surface area (Å²) in [6.07, 6.45) is 1.72. The third kappa shape index (κ3) is 2.92. The molecule has 0 N–H and O–H groups in total. The maximum atomic E-state index is 13.4. The van der Waals surface area contributed by atoms with Gasteiger partial charge in [0.1, 0.15) is 5.82 Å². The van der Waals surface area contributed by atoms with Crippen LogP contribution in [0.5, 0.6) is 0 Å². The van der Waals surface area contributed by atoms with E-state index in [0.717, 1.165) is 16.8 Å². The Bertz CT molecular complexity index is 1370. The topological polar surface area (TPSA) is 55.2 Å². The molecule has 0 bridgehead atoms. The van der Waals surface area contributed by atoms with Crippen LogP contribution in [0.2, 0.25) is 0 Å². The molecule has 5 nitrogen and oxygen atoms in total. The summed E-state index contributed by atoms with van der Waals surface area (Å²) < 4.78 is 1.49. The molecule has 4 aromatic rings. The minimum absolute atomic E-state index is 0.0949. The van der Waals surface area contributed by atoms with Crippen LogP contribution in [0.4, 0.5) is 5.69 Å². The highest BCUT2D eigenvalue weighted by Gasteiger charge is 2.32. The number of benzene rings is 3. The van der Waals surface area contributed by atoms with Gasteiger partial charge in [-0.15, -0.1) is 0 Å². The summed E-state index contributed by atoms with van der Waals surface area (Å²) in [6.45, 7) is 0.484. The van der Waals surface area contributed by atoms with Gasteiger partial charge in [-0.25, -0.2) is 4.98 Å². The first kappa shape index (κ1) is 18.1. The Labute approximate surface area is 173 Å². The van der Waals surface area contributed by atoms with E-state index in [1.807, 2.05) is 72.8 Å². The first-order valence-electron chi connectivity index (χ1n) is 9.76. The predicted octanol–water partition coefficient (Wildman–Crippen LogP) is 4.02. The SMILES string of the molecule is Cn1c(/C=C2/C(=O)N(Cc3ccccc3)c3ccccc32)nc2ccccc2c1=O. The molecule has 0 radical (unpaired) electrons. The second kappa shape index (κ2) is 7.12. The molecule has 0 aliphatic carbocycles. The number of hydrogen-bond acceptors (Lipinski definition) is 3. The first-order valence-corrected chi connectivity index (χ1v) is 9.76. The zero-order chi connectivity index (χ0) is 20.7. The molecule has 0 atom stereocenters. The van der Waals surface area contributed by atoms with Crippen molar-refractivity contribution >= 4 is 34.1 Å². The molecule has 2 heterocycles. The van der Waals surface area contributed by atoms with Crippen LogP contribution < -0.4 is 10.5 Å². The molecular formula is C25H19N3O2. The highest BCUT2D eigenvalue weighted by molar-refractivity contribution is 6.35. The van der Waals surface area contributed by atoms with E-state index in [4.69, 9.17) is 0 Å². The largest absolute Gasteiger partial charge is 0.303 e. The Hall–Kier alpha value is -3.99. The smallest absolute Gasteiger partial charge is 0.261 e. The monoisotopic (exact) mass is 393 g/mol. The van der Waals surface area contributed by atoms with Crippen LogP contribution in [0.3, 0.4) is 0 Å². The standard InChI is InChI=1S/C25H19N3O2/c1-27-23(26-21-13-7-5-12-19(21)24(27)29)15-20-18-11-6-8-14-22(18)28(25(20)30)16-17-9-3-2-4-10-17/h2-15H,16H2,1H3/b20-15+. The lowest BCUT2D eigenvalue weighted by Crippen LogP contribution is -2.26. The maximum Gasteiger partial charge on any atom is 0.261 e. The summed E-state index contributed by atoms with van der Waals surface area (Å²) in [5.74, 6) is 0.362. The quantitative estimate of drug-likeness (QED) is 0.494. The number of carbonyl (C=O) groups is 1. The zero-order valence-electron chi connectivity index (χ0n) is 16.4. The number of rotatable bonds is 3. The molecule has 0 saturated carbocycles. The second-order valence-electron chi connectivity index (χ2n) is 7.30. The van der Waals surface area contributed by atoms with Crippen molar-refractivity contribution < 1.29 is 4.79 Å². The molecule has 0 saturated heterocycles.